The molecule has 0 bridgehead atoms. The molecule has 0 radical (unpaired) electrons. The number of nitro groups is 1. The van der Waals surface area contributed by atoms with Gasteiger partial charge in [-0.05, 0) is 18.1 Å². The Balaban J connectivity index is 2.02. The van der Waals surface area contributed by atoms with E-state index in [4.69, 9.17) is 11.6 Å². The average molecular weight is 312 g/mol. The zero-order valence-corrected chi connectivity index (χ0v) is 12.1. The first-order valence-corrected chi connectivity index (χ1v) is 6.74. The molecule has 1 fully saturated rings. The van der Waals surface area contributed by atoms with Gasteiger partial charge in [-0.25, -0.2) is 0 Å². The predicted octanol–water partition coefficient (Wildman–Crippen LogP) is 1.49. The number of likely N-dealkylation sites (N-methyl/N-ethyl adjacent to an activating group) is 1. The van der Waals surface area contributed by atoms with E-state index >= 15 is 0 Å². The van der Waals surface area contributed by atoms with Gasteiger partial charge in [0.15, 0.2) is 0 Å². The van der Waals surface area contributed by atoms with Gasteiger partial charge in [0.05, 0.1) is 16.0 Å². The predicted molar refractivity (Wildman–Crippen MR) is 75.7 cm³/mol. The number of hydrogen-bond acceptors (Lipinski definition) is 5. The average Bonchev–Trinajstić information content (AvgIpc) is 2.45. The van der Waals surface area contributed by atoms with E-state index in [1.54, 1.807) is 6.07 Å². The Bertz CT molecular complexity index is 605. The molecule has 0 spiro atoms. The standard InChI is InChI=1S/C13H14ClN3O4/c1-16-12(18)5-4-11(13(16)19)15-7-8-2-3-9(17(20)21)6-10(8)14/h2-3,6,11,15H,4-5,7H2,1H3. The Hall–Kier alpha value is -1.99. The van der Waals surface area contributed by atoms with Crippen molar-refractivity contribution in [3.63, 3.8) is 0 Å². The van der Waals surface area contributed by atoms with Crippen LogP contribution < -0.4 is 5.32 Å². The Labute approximate surface area is 126 Å². The third-order valence-corrected chi connectivity index (χ3v) is 3.79. The van der Waals surface area contributed by atoms with Crippen molar-refractivity contribution in [1.29, 1.82) is 0 Å². The molecule has 1 aromatic rings. The number of non-ortho nitro benzene ring substituents is 1. The summed E-state index contributed by atoms with van der Waals surface area (Å²) in [5, 5.41) is 13.9. The van der Waals surface area contributed by atoms with Crippen LogP contribution in [-0.2, 0) is 16.1 Å². The number of halogens is 1. The molecule has 112 valence electrons. The molecule has 2 rings (SSSR count). The molecule has 2 amide bonds. The number of imide groups is 1. The molecule has 0 saturated carbocycles. The van der Waals surface area contributed by atoms with Crippen LogP contribution in [0.4, 0.5) is 5.69 Å². The van der Waals surface area contributed by atoms with Crippen LogP contribution in [0.1, 0.15) is 18.4 Å². The van der Waals surface area contributed by atoms with E-state index < -0.39 is 11.0 Å². The molecule has 1 aliphatic rings. The van der Waals surface area contributed by atoms with Gasteiger partial charge in [0.1, 0.15) is 0 Å². The summed E-state index contributed by atoms with van der Waals surface area (Å²) >= 11 is 5.99. The van der Waals surface area contributed by atoms with Crippen LogP contribution in [0.2, 0.25) is 5.02 Å². The molecule has 7 nitrogen and oxygen atoms in total. The van der Waals surface area contributed by atoms with E-state index in [1.807, 2.05) is 0 Å². The second-order valence-electron chi connectivity index (χ2n) is 4.80. The number of amides is 2. The molecule has 8 heteroatoms. The number of benzene rings is 1. The number of nitro benzene ring substituents is 1. The number of nitrogens with zero attached hydrogens (tertiary/aromatic N) is 2. The molecule has 1 aliphatic heterocycles. The Kier molecular flexibility index (Phi) is 4.54. The lowest BCUT2D eigenvalue weighted by Crippen LogP contribution is -2.51. The summed E-state index contributed by atoms with van der Waals surface area (Å²) in [6.07, 6.45) is 0.751. The van der Waals surface area contributed by atoms with Crippen molar-refractivity contribution in [2.45, 2.75) is 25.4 Å². The van der Waals surface area contributed by atoms with Crippen LogP contribution in [0.15, 0.2) is 18.2 Å². The van der Waals surface area contributed by atoms with E-state index in [2.05, 4.69) is 5.32 Å². The Morgan fingerprint density at radius 3 is 2.81 bits per heavy atom. The minimum absolute atomic E-state index is 0.0807. The summed E-state index contributed by atoms with van der Waals surface area (Å²) in [7, 11) is 1.46. The lowest BCUT2D eigenvalue weighted by Gasteiger charge is -2.28. The molecule has 21 heavy (non-hydrogen) atoms. The van der Waals surface area contributed by atoms with Crippen LogP contribution >= 0.6 is 11.6 Å². The van der Waals surface area contributed by atoms with Crippen molar-refractivity contribution in [2.75, 3.05) is 7.05 Å². The Morgan fingerprint density at radius 1 is 1.48 bits per heavy atom. The maximum atomic E-state index is 11.9. The number of carbonyl (C=O) groups is 2. The number of carbonyl (C=O) groups excluding carboxylic acids is 2. The van der Waals surface area contributed by atoms with Crippen molar-refractivity contribution in [2.24, 2.45) is 0 Å². The minimum atomic E-state index is -0.520. The number of nitrogens with one attached hydrogen (secondary N) is 1. The SMILES string of the molecule is CN1C(=O)CCC(NCc2ccc([N+](=O)[O-])cc2Cl)C1=O. The normalized spacial score (nSPS) is 19.0. The number of likely N-dealkylation sites (tertiary alicyclic amines) is 1. The fourth-order valence-electron chi connectivity index (χ4n) is 2.13. The second-order valence-corrected chi connectivity index (χ2v) is 5.20. The molecule has 1 heterocycles. The highest BCUT2D eigenvalue weighted by Crippen LogP contribution is 2.23. The topological polar surface area (TPSA) is 92.6 Å². The first-order valence-electron chi connectivity index (χ1n) is 6.36. The van der Waals surface area contributed by atoms with Gasteiger partial charge < -0.3 is 5.32 Å². The van der Waals surface area contributed by atoms with Gasteiger partial charge in [-0.1, -0.05) is 11.6 Å². The van der Waals surface area contributed by atoms with Gasteiger partial charge in [-0.3, -0.25) is 24.6 Å². The quantitative estimate of drug-likeness (QED) is 0.516. The fraction of sp³-hybridized carbons (Fsp3) is 0.385. The first-order chi connectivity index (χ1) is 9.90. The van der Waals surface area contributed by atoms with Crippen LogP contribution in [0.5, 0.6) is 0 Å². The highest BCUT2D eigenvalue weighted by molar-refractivity contribution is 6.31. The van der Waals surface area contributed by atoms with E-state index in [0.717, 1.165) is 4.90 Å². The summed E-state index contributed by atoms with van der Waals surface area (Å²) < 4.78 is 0. The third kappa shape index (κ3) is 3.37. The molecule has 1 N–H and O–H groups in total. The number of piperidine rings is 1. The van der Waals surface area contributed by atoms with Gasteiger partial charge in [-0.2, -0.15) is 0 Å². The lowest BCUT2D eigenvalue weighted by molar-refractivity contribution is -0.384. The number of hydrogen-bond donors (Lipinski definition) is 1. The van der Waals surface area contributed by atoms with Crippen LogP contribution in [0, 0.1) is 10.1 Å². The third-order valence-electron chi connectivity index (χ3n) is 3.44. The molecular weight excluding hydrogens is 298 g/mol. The molecule has 0 aliphatic carbocycles. The van der Waals surface area contributed by atoms with Gasteiger partial charge in [0.2, 0.25) is 11.8 Å². The van der Waals surface area contributed by atoms with E-state index in [9.17, 15) is 19.7 Å². The van der Waals surface area contributed by atoms with Gasteiger partial charge >= 0.3 is 0 Å². The fourth-order valence-corrected chi connectivity index (χ4v) is 2.37. The summed E-state index contributed by atoms with van der Waals surface area (Å²) in [6, 6.07) is 3.74. The van der Waals surface area contributed by atoms with E-state index in [0.29, 0.717) is 24.9 Å². The van der Waals surface area contributed by atoms with Gasteiger partial charge in [-0.15, -0.1) is 0 Å². The summed E-state index contributed by atoms with van der Waals surface area (Å²) in [5.74, 6) is -0.462. The maximum absolute atomic E-state index is 11.9. The number of rotatable bonds is 4. The Morgan fingerprint density at radius 2 is 2.19 bits per heavy atom. The summed E-state index contributed by atoms with van der Waals surface area (Å²) in [5.41, 5.74) is 0.581. The summed E-state index contributed by atoms with van der Waals surface area (Å²) in [6.45, 7) is 0.301. The zero-order chi connectivity index (χ0) is 15.6. The lowest BCUT2D eigenvalue weighted by atomic mass is 10.0. The largest absolute Gasteiger partial charge is 0.302 e. The van der Waals surface area contributed by atoms with Crippen molar-refractivity contribution in [3.05, 3.63) is 38.9 Å². The monoisotopic (exact) mass is 311 g/mol. The molecule has 1 atom stereocenters. The van der Waals surface area contributed by atoms with Crippen molar-refractivity contribution >= 4 is 29.1 Å². The van der Waals surface area contributed by atoms with Crippen LogP contribution in [0.25, 0.3) is 0 Å². The van der Waals surface area contributed by atoms with E-state index in [1.165, 1.54) is 19.2 Å². The van der Waals surface area contributed by atoms with Gasteiger partial charge in [0.25, 0.3) is 5.69 Å². The van der Waals surface area contributed by atoms with Gasteiger partial charge in [0, 0.05) is 32.1 Å². The van der Waals surface area contributed by atoms with E-state index in [-0.39, 0.29) is 22.5 Å². The van der Waals surface area contributed by atoms with Crippen molar-refractivity contribution in [1.82, 2.24) is 10.2 Å². The minimum Gasteiger partial charge on any atom is -0.302 e. The molecule has 1 saturated heterocycles. The highest BCUT2D eigenvalue weighted by atomic mass is 35.5. The van der Waals surface area contributed by atoms with Crippen LogP contribution in [0.3, 0.4) is 0 Å². The molecule has 1 unspecified atom stereocenters. The second kappa shape index (κ2) is 6.19. The smallest absolute Gasteiger partial charge is 0.270 e. The molecule has 1 aromatic carbocycles. The zero-order valence-electron chi connectivity index (χ0n) is 11.3. The summed E-state index contributed by atoms with van der Waals surface area (Å²) in [4.78, 5) is 34.5. The first kappa shape index (κ1) is 15.4. The molecular formula is C13H14ClN3O4. The van der Waals surface area contributed by atoms with Crippen molar-refractivity contribution < 1.29 is 14.5 Å². The molecule has 0 aromatic heterocycles. The maximum Gasteiger partial charge on any atom is 0.270 e. The van der Waals surface area contributed by atoms with Crippen LogP contribution in [-0.4, -0.2) is 34.7 Å². The highest BCUT2D eigenvalue weighted by Gasteiger charge is 2.31. The van der Waals surface area contributed by atoms with Crippen molar-refractivity contribution in [3.8, 4) is 0 Å².